The Bertz CT molecular complexity index is 593. The van der Waals surface area contributed by atoms with Crippen LogP contribution in [0.15, 0.2) is 18.2 Å². The maximum Gasteiger partial charge on any atom is 0.258 e. The molecule has 1 fully saturated rings. The van der Waals surface area contributed by atoms with Crippen molar-refractivity contribution in [3.8, 4) is 11.5 Å². The Labute approximate surface area is 154 Å². The van der Waals surface area contributed by atoms with Gasteiger partial charge in [-0.2, -0.15) is 0 Å². The summed E-state index contributed by atoms with van der Waals surface area (Å²) in [7, 11) is 1.52. The van der Waals surface area contributed by atoms with Gasteiger partial charge in [0.25, 0.3) is 5.91 Å². The van der Waals surface area contributed by atoms with Gasteiger partial charge in [0.05, 0.1) is 13.2 Å². The Balaban J connectivity index is 0.00000312. The molecule has 1 saturated carbocycles. The van der Waals surface area contributed by atoms with Crippen molar-refractivity contribution < 1.29 is 19.1 Å². The predicted octanol–water partition coefficient (Wildman–Crippen LogP) is 1.84. The maximum atomic E-state index is 12.0. The van der Waals surface area contributed by atoms with Gasteiger partial charge in [-0.3, -0.25) is 9.59 Å². The minimum atomic E-state index is -0.550. The highest BCUT2D eigenvalue weighted by Crippen LogP contribution is 2.30. The molecule has 1 aliphatic carbocycles. The predicted molar refractivity (Wildman–Crippen MR) is 98.4 cm³/mol. The van der Waals surface area contributed by atoms with E-state index in [0.29, 0.717) is 23.6 Å². The summed E-state index contributed by atoms with van der Waals surface area (Å²) in [5.74, 6) is 0.466. The Morgan fingerprint density at radius 3 is 2.64 bits per heavy atom. The van der Waals surface area contributed by atoms with Crippen molar-refractivity contribution >= 4 is 29.9 Å². The van der Waals surface area contributed by atoms with Crippen molar-refractivity contribution in [1.29, 1.82) is 0 Å². The van der Waals surface area contributed by atoms with Crippen molar-refractivity contribution in [3.05, 3.63) is 18.2 Å². The zero-order chi connectivity index (χ0) is 17.5. The molecule has 0 heterocycles. The van der Waals surface area contributed by atoms with Crippen LogP contribution in [0.2, 0.25) is 0 Å². The van der Waals surface area contributed by atoms with E-state index in [4.69, 9.17) is 15.2 Å². The molecule has 7 nitrogen and oxygen atoms in total. The second-order valence-corrected chi connectivity index (χ2v) is 5.88. The van der Waals surface area contributed by atoms with Crippen molar-refractivity contribution in [2.24, 2.45) is 5.73 Å². The monoisotopic (exact) mass is 371 g/mol. The number of halogens is 1. The van der Waals surface area contributed by atoms with Gasteiger partial charge in [-0.15, -0.1) is 12.4 Å². The summed E-state index contributed by atoms with van der Waals surface area (Å²) in [6.45, 7) is 1.87. The first-order valence-electron chi connectivity index (χ1n) is 8.20. The van der Waals surface area contributed by atoms with Gasteiger partial charge in [-0.05, 0) is 31.4 Å². The Hall–Kier alpha value is -1.99. The van der Waals surface area contributed by atoms with E-state index in [-0.39, 0.29) is 36.9 Å². The lowest BCUT2D eigenvalue weighted by Gasteiger charge is -2.14. The molecule has 1 aliphatic rings. The summed E-state index contributed by atoms with van der Waals surface area (Å²) in [5.41, 5.74) is 6.35. The van der Waals surface area contributed by atoms with Gasteiger partial charge in [0, 0.05) is 17.8 Å². The summed E-state index contributed by atoms with van der Waals surface area (Å²) < 4.78 is 10.8. The fourth-order valence-electron chi connectivity index (χ4n) is 2.18. The lowest BCUT2D eigenvalue weighted by molar-refractivity contribution is -0.123. The van der Waals surface area contributed by atoms with Gasteiger partial charge < -0.3 is 25.8 Å². The summed E-state index contributed by atoms with van der Waals surface area (Å²) in [4.78, 5) is 23.7. The second-order valence-electron chi connectivity index (χ2n) is 5.88. The van der Waals surface area contributed by atoms with E-state index >= 15 is 0 Å². The highest BCUT2D eigenvalue weighted by molar-refractivity contribution is 5.95. The average Bonchev–Trinajstić information content (AvgIpc) is 3.37. The number of nitrogens with one attached hydrogen (secondary N) is 2. The maximum absolute atomic E-state index is 12.0. The lowest BCUT2D eigenvalue weighted by atomic mass is 10.1. The van der Waals surface area contributed by atoms with E-state index in [1.54, 1.807) is 18.2 Å². The van der Waals surface area contributed by atoms with Crippen LogP contribution >= 0.6 is 12.4 Å². The molecule has 8 heteroatoms. The number of carbonyl (C=O) groups is 2. The van der Waals surface area contributed by atoms with Crippen LogP contribution in [-0.4, -0.2) is 37.6 Å². The molecular formula is C17H26ClN3O4. The molecule has 0 aliphatic heterocycles. The molecule has 25 heavy (non-hydrogen) atoms. The molecule has 1 atom stereocenters. The van der Waals surface area contributed by atoms with Crippen LogP contribution in [-0.2, 0) is 9.59 Å². The van der Waals surface area contributed by atoms with Gasteiger partial charge in [0.15, 0.2) is 18.1 Å². The van der Waals surface area contributed by atoms with E-state index in [0.717, 1.165) is 19.3 Å². The standard InChI is InChI=1S/C17H25N3O4.ClH/c1-3-4-13(18)17(22)20-12-7-8-14(23-2)15(9-12)24-10-16(21)19-11-5-6-11;/h7-9,11,13H,3-6,10,18H2,1-2H3,(H,19,21)(H,20,22);1H. The smallest absolute Gasteiger partial charge is 0.258 e. The molecule has 1 aromatic carbocycles. The number of amides is 2. The van der Waals surface area contributed by atoms with Crippen molar-refractivity contribution in [2.45, 2.75) is 44.7 Å². The number of rotatable bonds is 9. The summed E-state index contributed by atoms with van der Waals surface area (Å²) in [6.07, 6.45) is 3.50. The van der Waals surface area contributed by atoms with Gasteiger partial charge in [-0.1, -0.05) is 13.3 Å². The Morgan fingerprint density at radius 1 is 1.32 bits per heavy atom. The van der Waals surface area contributed by atoms with E-state index in [9.17, 15) is 9.59 Å². The van der Waals surface area contributed by atoms with Crippen molar-refractivity contribution in [3.63, 3.8) is 0 Å². The minimum absolute atomic E-state index is 0. The molecule has 0 bridgehead atoms. The summed E-state index contributed by atoms with van der Waals surface area (Å²) in [5, 5.41) is 5.59. The van der Waals surface area contributed by atoms with Crippen LogP contribution in [0.4, 0.5) is 5.69 Å². The fourth-order valence-corrected chi connectivity index (χ4v) is 2.18. The van der Waals surface area contributed by atoms with Crippen molar-refractivity contribution in [2.75, 3.05) is 19.0 Å². The number of methoxy groups -OCH3 is 1. The van der Waals surface area contributed by atoms with E-state index in [1.165, 1.54) is 7.11 Å². The highest BCUT2D eigenvalue weighted by Gasteiger charge is 2.23. The normalized spacial score (nSPS) is 14.0. The third kappa shape index (κ3) is 6.80. The van der Waals surface area contributed by atoms with Crippen LogP contribution < -0.4 is 25.8 Å². The van der Waals surface area contributed by atoms with Crippen LogP contribution in [0.25, 0.3) is 0 Å². The highest BCUT2D eigenvalue weighted by atomic mass is 35.5. The molecular weight excluding hydrogens is 346 g/mol. The topological polar surface area (TPSA) is 103 Å². The van der Waals surface area contributed by atoms with E-state index in [1.807, 2.05) is 6.92 Å². The quantitative estimate of drug-likeness (QED) is 0.614. The number of anilines is 1. The molecule has 0 aromatic heterocycles. The van der Waals surface area contributed by atoms with E-state index in [2.05, 4.69) is 10.6 Å². The SMILES string of the molecule is CCCC(N)C(=O)Nc1ccc(OC)c(OCC(=O)NC2CC2)c1.Cl. The molecule has 0 saturated heterocycles. The van der Waals surface area contributed by atoms with E-state index < -0.39 is 6.04 Å². The Kier molecular flexibility index (Phi) is 8.51. The third-order valence-corrected chi connectivity index (χ3v) is 3.67. The minimum Gasteiger partial charge on any atom is -0.493 e. The van der Waals surface area contributed by atoms with Crippen LogP contribution in [0.1, 0.15) is 32.6 Å². The first kappa shape index (κ1) is 21.1. The molecule has 2 amide bonds. The fraction of sp³-hybridized carbons (Fsp3) is 0.529. The first-order valence-corrected chi connectivity index (χ1v) is 8.20. The van der Waals surface area contributed by atoms with Gasteiger partial charge in [0.2, 0.25) is 5.91 Å². The third-order valence-electron chi connectivity index (χ3n) is 3.67. The van der Waals surface area contributed by atoms with Crippen LogP contribution in [0.5, 0.6) is 11.5 Å². The molecule has 0 radical (unpaired) electrons. The zero-order valence-electron chi connectivity index (χ0n) is 14.5. The molecule has 4 N–H and O–H groups in total. The molecule has 140 valence electrons. The zero-order valence-corrected chi connectivity index (χ0v) is 15.4. The second kappa shape index (κ2) is 10.1. The molecule has 1 unspecified atom stereocenters. The lowest BCUT2D eigenvalue weighted by Crippen LogP contribution is -2.35. The number of nitrogens with two attached hydrogens (primary N) is 1. The number of benzene rings is 1. The summed E-state index contributed by atoms with van der Waals surface area (Å²) >= 11 is 0. The van der Waals surface area contributed by atoms with Crippen molar-refractivity contribution in [1.82, 2.24) is 5.32 Å². The number of carbonyl (C=O) groups excluding carboxylic acids is 2. The molecule has 2 rings (SSSR count). The number of ether oxygens (including phenoxy) is 2. The van der Waals surface area contributed by atoms with Gasteiger partial charge in [-0.25, -0.2) is 0 Å². The molecule has 1 aromatic rings. The summed E-state index contributed by atoms with van der Waals surface area (Å²) in [6, 6.07) is 4.74. The van der Waals surface area contributed by atoms with Gasteiger partial charge >= 0.3 is 0 Å². The van der Waals surface area contributed by atoms with Crippen LogP contribution in [0, 0.1) is 0 Å². The first-order chi connectivity index (χ1) is 11.5. The largest absolute Gasteiger partial charge is 0.493 e. The average molecular weight is 372 g/mol. The van der Waals surface area contributed by atoms with Gasteiger partial charge in [0.1, 0.15) is 0 Å². The molecule has 0 spiro atoms. The number of hydrogen-bond donors (Lipinski definition) is 3. The number of hydrogen-bond acceptors (Lipinski definition) is 5. The van der Waals surface area contributed by atoms with Crippen LogP contribution in [0.3, 0.4) is 0 Å². The Morgan fingerprint density at radius 2 is 2.04 bits per heavy atom.